The van der Waals surface area contributed by atoms with Crippen LogP contribution < -0.4 is 24.4 Å². The van der Waals surface area contributed by atoms with Crippen LogP contribution in [-0.4, -0.2) is 36.0 Å². The quantitative estimate of drug-likeness (QED) is 0.372. The van der Waals surface area contributed by atoms with Crippen LogP contribution in [0.4, 0.5) is 0 Å². The lowest BCUT2D eigenvalue weighted by atomic mass is 9.96. The number of hydrogen-bond acceptors (Lipinski definition) is 8. The third-order valence-electron chi connectivity index (χ3n) is 5.58. The van der Waals surface area contributed by atoms with E-state index in [0.717, 1.165) is 0 Å². The number of thiazole rings is 1. The normalized spacial score (nSPS) is 15.2. The van der Waals surface area contributed by atoms with Gasteiger partial charge in [0.2, 0.25) is 0 Å². The van der Waals surface area contributed by atoms with Crippen LogP contribution in [0.2, 0.25) is 0 Å². The summed E-state index contributed by atoms with van der Waals surface area (Å²) >= 11 is 1.21. The van der Waals surface area contributed by atoms with Gasteiger partial charge in [-0.25, -0.2) is 9.79 Å². The molecule has 0 saturated heterocycles. The first-order valence-corrected chi connectivity index (χ1v) is 12.1. The fourth-order valence-corrected chi connectivity index (χ4v) is 5.00. The lowest BCUT2D eigenvalue weighted by Crippen LogP contribution is -2.39. The van der Waals surface area contributed by atoms with E-state index in [4.69, 9.17) is 14.2 Å². The van der Waals surface area contributed by atoms with Crippen LogP contribution in [-0.2, 0) is 9.53 Å². The third kappa shape index (κ3) is 4.83. The second kappa shape index (κ2) is 10.7. The van der Waals surface area contributed by atoms with Gasteiger partial charge in [0.15, 0.2) is 16.3 Å². The predicted octanol–water partition coefficient (Wildman–Crippen LogP) is 3.08. The smallest absolute Gasteiger partial charge is 0.338 e. The van der Waals surface area contributed by atoms with Gasteiger partial charge in [0, 0.05) is 0 Å². The Labute approximate surface area is 211 Å². The van der Waals surface area contributed by atoms with Gasteiger partial charge in [0.1, 0.15) is 12.4 Å². The minimum atomic E-state index is -0.722. The molecule has 0 radical (unpaired) electrons. The molecule has 1 aliphatic rings. The predicted molar refractivity (Wildman–Crippen MR) is 137 cm³/mol. The number of methoxy groups -OCH3 is 1. The summed E-state index contributed by atoms with van der Waals surface area (Å²) in [5.41, 5.74) is 1.83. The minimum Gasteiger partial charge on any atom is -0.504 e. The molecule has 1 atom stereocenters. The highest BCUT2D eigenvalue weighted by Crippen LogP contribution is 2.32. The molecule has 36 heavy (non-hydrogen) atoms. The van der Waals surface area contributed by atoms with Gasteiger partial charge in [-0.15, -0.1) is 0 Å². The van der Waals surface area contributed by atoms with Crippen LogP contribution >= 0.6 is 11.3 Å². The molecule has 8 nitrogen and oxygen atoms in total. The molecule has 2 aromatic carbocycles. The number of nitrogens with zero attached hydrogens (tertiary/aromatic N) is 2. The Morgan fingerprint density at radius 1 is 1.25 bits per heavy atom. The number of esters is 1. The summed E-state index contributed by atoms with van der Waals surface area (Å²) in [5.74, 6) is 0.425. The van der Waals surface area contributed by atoms with E-state index in [1.165, 1.54) is 29.1 Å². The first-order chi connectivity index (χ1) is 17.4. The van der Waals surface area contributed by atoms with Gasteiger partial charge >= 0.3 is 5.97 Å². The Morgan fingerprint density at radius 3 is 2.64 bits per heavy atom. The van der Waals surface area contributed by atoms with Crippen molar-refractivity contribution in [3.8, 4) is 17.2 Å². The van der Waals surface area contributed by atoms with Gasteiger partial charge in [0.25, 0.3) is 5.56 Å². The van der Waals surface area contributed by atoms with E-state index in [1.54, 1.807) is 50.3 Å². The summed E-state index contributed by atoms with van der Waals surface area (Å²) in [6, 6.07) is 11.4. The van der Waals surface area contributed by atoms with Gasteiger partial charge < -0.3 is 19.3 Å². The van der Waals surface area contributed by atoms with Crippen molar-refractivity contribution in [2.45, 2.75) is 19.9 Å². The highest BCUT2D eigenvalue weighted by molar-refractivity contribution is 7.07. The number of aromatic nitrogens is 1. The molecule has 3 aromatic rings. The van der Waals surface area contributed by atoms with E-state index in [-0.39, 0.29) is 17.9 Å². The number of carbonyl (C=O) groups excluding carboxylic acids is 1. The molecule has 0 saturated carbocycles. The molecule has 0 aliphatic carbocycles. The number of rotatable bonds is 8. The highest BCUT2D eigenvalue weighted by atomic mass is 32.1. The number of phenolic OH excluding ortho intramolecular Hbond substituents is 1. The van der Waals surface area contributed by atoms with Gasteiger partial charge in [-0.2, -0.15) is 0 Å². The largest absolute Gasteiger partial charge is 0.504 e. The molecule has 0 amide bonds. The standard InChI is InChI=1S/C27H26N2O6S/c1-5-13-35-19-10-8-18(9-11-19)24-23(26(32)34-6-2)16(3)28-27-29(24)25(31)22(36-27)15-17-7-12-21(33-4)20(30)14-17/h5,7-12,14-15,24,30H,1,6,13H2,2-4H3/b22-15-. The summed E-state index contributed by atoms with van der Waals surface area (Å²) in [6.07, 6.45) is 3.33. The maximum absolute atomic E-state index is 13.6. The molecule has 1 unspecified atom stereocenters. The van der Waals surface area contributed by atoms with E-state index >= 15 is 0 Å². The number of fused-ring (bicyclic) bond motifs is 1. The van der Waals surface area contributed by atoms with Crippen molar-refractivity contribution in [1.82, 2.24) is 4.57 Å². The number of benzene rings is 2. The fourth-order valence-electron chi connectivity index (χ4n) is 3.96. The second-order valence-electron chi connectivity index (χ2n) is 7.90. The number of phenols is 1. The number of ether oxygens (including phenoxy) is 3. The van der Waals surface area contributed by atoms with Gasteiger partial charge in [0.05, 0.1) is 35.6 Å². The van der Waals surface area contributed by atoms with Crippen molar-refractivity contribution < 1.29 is 24.1 Å². The molecule has 186 valence electrons. The zero-order chi connectivity index (χ0) is 25.8. The second-order valence-corrected chi connectivity index (χ2v) is 8.91. The maximum atomic E-state index is 13.6. The molecule has 1 aromatic heterocycles. The highest BCUT2D eigenvalue weighted by Gasteiger charge is 2.33. The SMILES string of the molecule is C=CCOc1ccc(C2C(C(=O)OCC)=C(C)N=c3s/c(=C\c4ccc(OC)c(O)c4)c(=O)n32)cc1. The topological polar surface area (TPSA) is 99.4 Å². The molecule has 0 bridgehead atoms. The summed E-state index contributed by atoms with van der Waals surface area (Å²) in [5, 5.41) is 10.1. The lowest BCUT2D eigenvalue weighted by molar-refractivity contribution is -0.139. The Balaban J connectivity index is 1.87. The van der Waals surface area contributed by atoms with Crippen LogP contribution in [0.25, 0.3) is 6.08 Å². The number of carbonyl (C=O) groups is 1. The van der Waals surface area contributed by atoms with Gasteiger partial charge in [-0.1, -0.05) is 42.2 Å². The molecule has 1 aliphatic heterocycles. The Bertz CT molecular complexity index is 1520. The molecule has 0 spiro atoms. The van der Waals surface area contributed by atoms with Crippen molar-refractivity contribution in [1.29, 1.82) is 0 Å². The summed E-state index contributed by atoms with van der Waals surface area (Å²) in [4.78, 5) is 31.6. The fraction of sp³-hybridized carbons (Fsp3) is 0.222. The monoisotopic (exact) mass is 506 g/mol. The van der Waals surface area contributed by atoms with E-state index in [0.29, 0.717) is 49.8 Å². The van der Waals surface area contributed by atoms with Gasteiger partial charge in [-0.3, -0.25) is 9.36 Å². The molecule has 0 fully saturated rings. The summed E-state index contributed by atoms with van der Waals surface area (Å²) in [6.45, 7) is 7.68. The van der Waals surface area contributed by atoms with Crippen LogP contribution in [0.3, 0.4) is 0 Å². The first kappa shape index (κ1) is 25.0. The minimum absolute atomic E-state index is 0.0314. The van der Waals surface area contributed by atoms with Crippen molar-refractivity contribution >= 4 is 23.4 Å². The summed E-state index contributed by atoms with van der Waals surface area (Å²) in [7, 11) is 1.47. The third-order valence-corrected chi connectivity index (χ3v) is 6.56. The van der Waals surface area contributed by atoms with Crippen molar-refractivity contribution in [3.05, 3.63) is 97.2 Å². The number of allylic oxidation sites excluding steroid dienone is 1. The van der Waals surface area contributed by atoms with Crippen LogP contribution in [0, 0.1) is 0 Å². The van der Waals surface area contributed by atoms with E-state index < -0.39 is 12.0 Å². The zero-order valence-corrected chi connectivity index (χ0v) is 21.0. The van der Waals surface area contributed by atoms with E-state index in [2.05, 4.69) is 11.6 Å². The number of aromatic hydroxyl groups is 1. The average molecular weight is 507 g/mol. The molecule has 9 heteroatoms. The Hall–Kier alpha value is -4.11. The van der Waals surface area contributed by atoms with Crippen molar-refractivity contribution in [2.24, 2.45) is 4.99 Å². The lowest BCUT2D eigenvalue weighted by Gasteiger charge is -2.24. The van der Waals surface area contributed by atoms with Crippen molar-refractivity contribution in [2.75, 3.05) is 20.3 Å². The summed E-state index contributed by atoms with van der Waals surface area (Å²) < 4.78 is 17.9. The number of hydrogen-bond donors (Lipinski definition) is 1. The Morgan fingerprint density at radius 2 is 2.00 bits per heavy atom. The maximum Gasteiger partial charge on any atom is 0.338 e. The Kier molecular flexibility index (Phi) is 7.40. The average Bonchev–Trinajstić information content (AvgIpc) is 3.16. The van der Waals surface area contributed by atoms with Crippen molar-refractivity contribution in [3.63, 3.8) is 0 Å². The van der Waals surface area contributed by atoms with E-state index in [9.17, 15) is 14.7 Å². The molecular weight excluding hydrogens is 480 g/mol. The molecular formula is C27H26N2O6S. The molecule has 1 N–H and O–H groups in total. The molecule has 4 rings (SSSR count). The van der Waals surface area contributed by atoms with Crippen LogP contribution in [0.1, 0.15) is 31.0 Å². The van der Waals surface area contributed by atoms with E-state index in [1.807, 2.05) is 12.1 Å². The van der Waals surface area contributed by atoms with Gasteiger partial charge in [-0.05, 0) is 55.3 Å². The molecule has 2 heterocycles. The zero-order valence-electron chi connectivity index (χ0n) is 20.2. The van der Waals surface area contributed by atoms with Crippen LogP contribution in [0.15, 0.2) is 76.2 Å². The first-order valence-electron chi connectivity index (χ1n) is 11.3. The van der Waals surface area contributed by atoms with Crippen LogP contribution in [0.5, 0.6) is 17.2 Å².